The van der Waals surface area contributed by atoms with Crippen LogP contribution in [0.1, 0.15) is 23.5 Å². The van der Waals surface area contributed by atoms with Crippen LogP contribution in [0, 0.1) is 12.8 Å². The summed E-state index contributed by atoms with van der Waals surface area (Å²) in [5.41, 5.74) is 0.766. The van der Waals surface area contributed by atoms with Gasteiger partial charge >= 0.3 is 5.97 Å². The number of carboxylic acid groups (broad SMARTS) is 1. The zero-order valence-electron chi connectivity index (χ0n) is 10.7. The van der Waals surface area contributed by atoms with Gasteiger partial charge in [0.15, 0.2) is 0 Å². The monoisotopic (exact) mass is 280 g/mol. The molecule has 1 N–H and O–H groups in total. The molecule has 1 atom stereocenters. The molecule has 1 aliphatic heterocycles. The number of hydrogen-bond acceptors (Lipinski definition) is 4. The van der Waals surface area contributed by atoms with Crippen molar-refractivity contribution in [2.24, 2.45) is 5.92 Å². The van der Waals surface area contributed by atoms with E-state index in [2.05, 4.69) is 4.98 Å². The van der Waals surface area contributed by atoms with Crippen molar-refractivity contribution in [1.29, 1.82) is 0 Å². The van der Waals surface area contributed by atoms with Gasteiger partial charge in [0.05, 0.1) is 16.6 Å². The minimum atomic E-state index is -0.823. The third-order valence-corrected chi connectivity index (χ3v) is 3.91. The molecule has 0 spiro atoms. The summed E-state index contributed by atoms with van der Waals surface area (Å²) < 4.78 is 0. The summed E-state index contributed by atoms with van der Waals surface area (Å²) in [5.74, 6) is -1.40. The number of likely N-dealkylation sites (tertiary alicyclic amines) is 1. The SMILES string of the molecule is Cc1nc(/C=C/C(=O)N2CCCC(C(=O)O)C2)cs1. The van der Waals surface area contributed by atoms with Crippen molar-refractivity contribution in [2.45, 2.75) is 19.8 Å². The Morgan fingerprint density at radius 1 is 1.58 bits per heavy atom. The van der Waals surface area contributed by atoms with Crippen LogP contribution in [-0.4, -0.2) is 40.0 Å². The van der Waals surface area contributed by atoms with Crippen molar-refractivity contribution >= 4 is 29.3 Å². The van der Waals surface area contributed by atoms with Crippen LogP contribution in [0.2, 0.25) is 0 Å². The molecule has 1 aliphatic rings. The highest BCUT2D eigenvalue weighted by Gasteiger charge is 2.27. The Balaban J connectivity index is 1.96. The average molecular weight is 280 g/mol. The molecule has 1 amide bonds. The number of carboxylic acids is 1. The van der Waals surface area contributed by atoms with Crippen LogP contribution < -0.4 is 0 Å². The molecule has 2 rings (SSSR count). The summed E-state index contributed by atoms with van der Waals surface area (Å²) >= 11 is 1.53. The van der Waals surface area contributed by atoms with E-state index in [1.54, 1.807) is 11.0 Å². The van der Waals surface area contributed by atoms with Gasteiger partial charge in [-0.25, -0.2) is 4.98 Å². The summed E-state index contributed by atoms with van der Waals surface area (Å²) in [5, 5.41) is 11.8. The molecule has 6 heteroatoms. The van der Waals surface area contributed by atoms with Crippen molar-refractivity contribution in [2.75, 3.05) is 13.1 Å². The van der Waals surface area contributed by atoms with Gasteiger partial charge in [-0.1, -0.05) is 0 Å². The van der Waals surface area contributed by atoms with Gasteiger partial charge in [0.2, 0.25) is 5.91 Å². The Morgan fingerprint density at radius 2 is 2.37 bits per heavy atom. The molecule has 0 bridgehead atoms. The quantitative estimate of drug-likeness (QED) is 0.857. The van der Waals surface area contributed by atoms with Crippen molar-refractivity contribution in [1.82, 2.24) is 9.88 Å². The number of thiazole rings is 1. The molecule has 2 heterocycles. The number of piperidine rings is 1. The number of carbonyl (C=O) groups is 2. The van der Waals surface area contributed by atoms with E-state index in [4.69, 9.17) is 5.11 Å². The molecule has 1 aromatic heterocycles. The molecular formula is C13H16N2O3S. The summed E-state index contributed by atoms with van der Waals surface area (Å²) in [4.78, 5) is 28.7. The number of rotatable bonds is 3. The van der Waals surface area contributed by atoms with Gasteiger partial charge in [-0.2, -0.15) is 0 Å². The van der Waals surface area contributed by atoms with Crippen LogP contribution in [0.5, 0.6) is 0 Å². The van der Waals surface area contributed by atoms with Gasteiger partial charge in [-0.15, -0.1) is 11.3 Å². The molecule has 19 heavy (non-hydrogen) atoms. The molecule has 5 nitrogen and oxygen atoms in total. The lowest BCUT2D eigenvalue weighted by atomic mass is 9.98. The van der Waals surface area contributed by atoms with Crippen LogP contribution in [0.4, 0.5) is 0 Å². The number of aliphatic carboxylic acids is 1. The fourth-order valence-corrected chi connectivity index (χ4v) is 2.68. The van der Waals surface area contributed by atoms with Crippen molar-refractivity contribution < 1.29 is 14.7 Å². The molecule has 0 aliphatic carbocycles. The predicted octanol–water partition coefficient (Wildman–Crippen LogP) is 1.79. The highest BCUT2D eigenvalue weighted by molar-refractivity contribution is 7.09. The lowest BCUT2D eigenvalue weighted by molar-refractivity contribution is -0.144. The van der Waals surface area contributed by atoms with E-state index in [0.717, 1.165) is 17.1 Å². The second-order valence-electron chi connectivity index (χ2n) is 4.59. The highest BCUT2D eigenvalue weighted by Crippen LogP contribution is 2.17. The minimum absolute atomic E-state index is 0.142. The average Bonchev–Trinajstić information content (AvgIpc) is 2.82. The highest BCUT2D eigenvalue weighted by atomic mass is 32.1. The summed E-state index contributed by atoms with van der Waals surface area (Å²) in [6.07, 6.45) is 4.54. The molecular weight excluding hydrogens is 264 g/mol. The first kappa shape index (κ1) is 13.7. The predicted molar refractivity (Wildman–Crippen MR) is 72.8 cm³/mol. The molecule has 1 unspecified atom stereocenters. The Morgan fingerprint density at radius 3 is 3.00 bits per heavy atom. The van der Waals surface area contributed by atoms with E-state index in [-0.39, 0.29) is 5.91 Å². The Labute approximate surface area is 115 Å². The number of nitrogens with zero attached hydrogens (tertiary/aromatic N) is 2. The van der Waals surface area contributed by atoms with Crippen LogP contribution in [0.25, 0.3) is 6.08 Å². The summed E-state index contributed by atoms with van der Waals surface area (Å²) in [7, 11) is 0. The molecule has 1 aromatic rings. The fraction of sp³-hybridized carbons (Fsp3) is 0.462. The zero-order chi connectivity index (χ0) is 13.8. The van der Waals surface area contributed by atoms with Crippen molar-refractivity contribution in [3.05, 3.63) is 22.2 Å². The van der Waals surface area contributed by atoms with E-state index in [1.165, 1.54) is 17.4 Å². The molecule has 1 fully saturated rings. The van der Waals surface area contributed by atoms with E-state index in [0.29, 0.717) is 19.5 Å². The van der Waals surface area contributed by atoms with Gasteiger partial charge < -0.3 is 10.0 Å². The topological polar surface area (TPSA) is 70.5 Å². The standard InChI is InChI=1S/C13H16N2O3S/c1-9-14-11(8-19-9)4-5-12(16)15-6-2-3-10(7-15)13(17)18/h4-5,8,10H,2-3,6-7H2,1H3,(H,17,18)/b5-4+. The lowest BCUT2D eigenvalue weighted by Crippen LogP contribution is -2.41. The minimum Gasteiger partial charge on any atom is -0.481 e. The van der Waals surface area contributed by atoms with Crippen LogP contribution in [-0.2, 0) is 9.59 Å². The third kappa shape index (κ3) is 3.64. The van der Waals surface area contributed by atoms with Gasteiger partial charge in [0.25, 0.3) is 0 Å². The summed E-state index contributed by atoms with van der Waals surface area (Å²) in [6.45, 7) is 2.84. The van der Waals surface area contributed by atoms with E-state index >= 15 is 0 Å². The maximum atomic E-state index is 12.0. The number of carbonyl (C=O) groups excluding carboxylic acids is 1. The third-order valence-electron chi connectivity index (χ3n) is 3.12. The first-order chi connectivity index (χ1) is 9.06. The van der Waals surface area contributed by atoms with E-state index in [1.807, 2.05) is 12.3 Å². The number of aryl methyl sites for hydroxylation is 1. The second-order valence-corrected chi connectivity index (χ2v) is 5.65. The van der Waals surface area contributed by atoms with Gasteiger partial charge in [-0.05, 0) is 25.8 Å². The first-order valence-corrected chi connectivity index (χ1v) is 7.06. The van der Waals surface area contributed by atoms with E-state index < -0.39 is 11.9 Å². The maximum absolute atomic E-state index is 12.0. The van der Waals surface area contributed by atoms with Gasteiger partial charge in [-0.3, -0.25) is 9.59 Å². The number of hydrogen-bond donors (Lipinski definition) is 1. The molecule has 1 saturated heterocycles. The molecule has 0 saturated carbocycles. The molecule has 0 radical (unpaired) electrons. The summed E-state index contributed by atoms with van der Waals surface area (Å²) in [6, 6.07) is 0. The smallest absolute Gasteiger partial charge is 0.308 e. The maximum Gasteiger partial charge on any atom is 0.308 e. The first-order valence-electron chi connectivity index (χ1n) is 6.18. The normalized spacial score (nSPS) is 19.8. The number of amides is 1. The van der Waals surface area contributed by atoms with Crippen molar-refractivity contribution in [3.63, 3.8) is 0 Å². The largest absolute Gasteiger partial charge is 0.481 e. The van der Waals surface area contributed by atoms with Crippen LogP contribution >= 0.6 is 11.3 Å². The van der Waals surface area contributed by atoms with Gasteiger partial charge in [0, 0.05) is 24.5 Å². The Kier molecular flexibility index (Phi) is 4.31. The fourth-order valence-electron chi connectivity index (χ4n) is 2.10. The second kappa shape index (κ2) is 5.97. The lowest BCUT2D eigenvalue weighted by Gasteiger charge is -2.29. The Bertz CT molecular complexity index is 510. The molecule has 0 aromatic carbocycles. The number of aromatic nitrogens is 1. The Hall–Kier alpha value is -1.69. The van der Waals surface area contributed by atoms with Crippen LogP contribution in [0.15, 0.2) is 11.5 Å². The zero-order valence-corrected chi connectivity index (χ0v) is 11.5. The van der Waals surface area contributed by atoms with Crippen molar-refractivity contribution in [3.8, 4) is 0 Å². The van der Waals surface area contributed by atoms with Crippen LogP contribution in [0.3, 0.4) is 0 Å². The molecule has 102 valence electrons. The van der Waals surface area contributed by atoms with E-state index in [9.17, 15) is 9.59 Å². The van der Waals surface area contributed by atoms with Gasteiger partial charge in [0.1, 0.15) is 0 Å².